The van der Waals surface area contributed by atoms with Crippen molar-refractivity contribution in [3.8, 4) is 23.3 Å². The summed E-state index contributed by atoms with van der Waals surface area (Å²) in [5, 5.41) is 12.8. The number of nitriles is 1. The third-order valence-electron chi connectivity index (χ3n) is 4.71. The van der Waals surface area contributed by atoms with Crippen molar-refractivity contribution >= 4 is 44.7 Å². The Hall–Kier alpha value is -2.94. The average molecular weight is 606 g/mol. The van der Waals surface area contributed by atoms with Gasteiger partial charge in [-0.1, -0.05) is 36.0 Å². The van der Waals surface area contributed by atoms with Crippen LogP contribution in [0.25, 0.3) is 0 Å². The zero-order valence-electron chi connectivity index (χ0n) is 18.2. The summed E-state index contributed by atoms with van der Waals surface area (Å²) >= 11 is 14.3. The molecule has 1 N–H and O–H groups in total. The minimum absolute atomic E-state index is 0.0260. The van der Waals surface area contributed by atoms with Crippen molar-refractivity contribution in [1.82, 2.24) is 5.32 Å². The Morgan fingerprint density at radius 2 is 1.72 bits per heavy atom. The maximum absolute atomic E-state index is 13.9. The SMILES string of the molecule is C[C@](C#N)(COc1cc(Cl)ccc1Oc1cc(F)cc(F)c1Br)NC(=S)c1ccc(C(F)(F)F)cc1. The van der Waals surface area contributed by atoms with E-state index in [9.17, 15) is 27.2 Å². The predicted octanol–water partition coefficient (Wildman–Crippen LogP) is 7.82. The van der Waals surface area contributed by atoms with E-state index in [2.05, 4.69) is 21.2 Å². The number of ether oxygens (including phenoxy) is 2. The van der Waals surface area contributed by atoms with Gasteiger partial charge in [0.25, 0.3) is 0 Å². The molecular formula is C24H15BrClF5N2O2S. The number of benzene rings is 3. The summed E-state index contributed by atoms with van der Waals surface area (Å²) < 4.78 is 77.2. The van der Waals surface area contributed by atoms with Gasteiger partial charge < -0.3 is 14.8 Å². The number of halogens is 7. The maximum atomic E-state index is 13.9. The van der Waals surface area contributed by atoms with E-state index in [0.29, 0.717) is 6.07 Å². The van der Waals surface area contributed by atoms with E-state index in [1.54, 1.807) is 0 Å². The van der Waals surface area contributed by atoms with E-state index in [-0.39, 0.29) is 43.9 Å². The summed E-state index contributed by atoms with van der Waals surface area (Å²) in [6, 6.07) is 12.1. The zero-order chi connectivity index (χ0) is 26.7. The van der Waals surface area contributed by atoms with Crippen molar-refractivity contribution in [2.45, 2.75) is 18.6 Å². The van der Waals surface area contributed by atoms with Gasteiger partial charge in [0, 0.05) is 28.8 Å². The molecule has 4 nitrogen and oxygen atoms in total. The molecule has 0 unspecified atom stereocenters. The van der Waals surface area contributed by atoms with Crippen molar-refractivity contribution in [3.05, 3.63) is 86.9 Å². The smallest absolute Gasteiger partial charge is 0.416 e. The lowest BCUT2D eigenvalue weighted by molar-refractivity contribution is -0.137. The van der Waals surface area contributed by atoms with Gasteiger partial charge in [-0.15, -0.1) is 0 Å². The first kappa shape index (κ1) is 27.6. The van der Waals surface area contributed by atoms with Gasteiger partial charge in [0.15, 0.2) is 17.0 Å². The predicted molar refractivity (Wildman–Crippen MR) is 131 cm³/mol. The molecule has 3 aromatic carbocycles. The van der Waals surface area contributed by atoms with Gasteiger partial charge >= 0.3 is 6.18 Å². The summed E-state index contributed by atoms with van der Waals surface area (Å²) in [6.07, 6.45) is -4.49. The topological polar surface area (TPSA) is 54.3 Å². The highest BCUT2D eigenvalue weighted by atomic mass is 79.9. The van der Waals surface area contributed by atoms with E-state index < -0.39 is 28.9 Å². The Labute approximate surface area is 221 Å². The monoisotopic (exact) mass is 604 g/mol. The Morgan fingerprint density at radius 1 is 1.06 bits per heavy atom. The number of hydrogen-bond donors (Lipinski definition) is 1. The second-order valence-corrected chi connectivity index (χ2v) is 9.29. The van der Waals surface area contributed by atoms with Gasteiger partial charge in [0.1, 0.15) is 29.0 Å². The first-order valence-corrected chi connectivity index (χ1v) is 11.5. The lowest BCUT2D eigenvalue weighted by Gasteiger charge is -2.25. The van der Waals surface area contributed by atoms with Crippen molar-refractivity contribution < 1.29 is 31.4 Å². The Balaban J connectivity index is 1.77. The molecule has 0 spiro atoms. The number of rotatable bonds is 7. The molecule has 0 radical (unpaired) electrons. The van der Waals surface area contributed by atoms with Gasteiger partial charge in [-0.25, -0.2) is 8.78 Å². The number of hydrogen-bond acceptors (Lipinski definition) is 4. The molecule has 12 heteroatoms. The fourth-order valence-electron chi connectivity index (χ4n) is 2.86. The number of thiocarbonyl (C=S) groups is 1. The molecular weight excluding hydrogens is 591 g/mol. The van der Waals surface area contributed by atoms with E-state index in [1.807, 2.05) is 6.07 Å². The summed E-state index contributed by atoms with van der Waals surface area (Å²) in [4.78, 5) is 0.0260. The highest BCUT2D eigenvalue weighted by Gasteiger charge is 2.31. The normalized spacial score (nSPS) is 12.9. The first-order valence-electron chi connectivity index (χ1n) is 9.97. The van der Waals surface area contributed by atoms with Crippen LogP contribution < -0.4 is 14.8 Å². The Bertz CT molecular complexity index is 1330. The van der Waals surface area contributed by atoms with E-state index >= 15 is 0 Å². The molecule has 188 valence electrons. The number of nitrogens with one attached hydrogen (secondary N) is 1. The van der Waals surface area contributed by atoms with Crippen LogP contribution in [0, 0.1) is 23.0 Å². The van der Waals surface area contributed by atoms with Crippen molar-refractivity contribution in [1.29, 1.82) is 5.26 Å². The third-order valence-corrected chi connectivity index (χ3v) is 6.05. The summed E-state index contributed by atoms with van der Waals surface area (Å²) in [7, 11) is 0. The maximum Gasteiger partial charge on any atom is 0.416 e. The fourth-order valence-corrected chi connectivity index (χ4v) is 3.69. The highest BCUT2D eigenvalue weighted by molar-refractivity contribution is 9.10. The molecule has 0 heterocycles. The van der Waals surface area contributed by atoms with Gasteiger partial charge in [0.05, 0.1) is 16.1 Å². The van der Waals surface area contributed by atoms with Crippen LogP contribution in [0.15, 0.2) is 59.1 Å². The molecule has 0 fully saturated rings. The number of alkyl halides is 3. The standard InChI is InChI=1S/C24H15BrClF5N2O2S/c1-23(11-32,33-22(36)13-2-4-14(5-3-13)24(29,30)31)12-34-19-8-15(26)6-7-18(19)35-20-10-16(27)9-17(28)21(20)25/h2-10H,12H2,1H3,(H,33,36)/t23-/m0/s1. The van der Waals surface area contributed by atoms with Gasteiger partial charge in [-0.3, -0.25) is 0 Å². The van der Waals surface area contributed by atoms with Crippen LogP contribution in [0.2, 0.25) is 5.02 Å². The Morgan fingerprint density at radius 3 is 2.33 bits per heavy atom. The van der Waals surface area contributed by atoms with E-state index in [0.717, 1.165) is 18.2 Å². The van der Waals surface area contributed by atoms with Gasteiger partial charge in [-0.05, 0) is 47.1 Å². The van der Waals surface area contributed by atoms with Crippen LogP contribution in [-0.4, -0.2) is 17.1 Å². The van der Waals surface area contributed by atoms with E-state index in [4.69, 9.17) is 33.3 Å². The van der Waals surface area contributed by atoms with Gasteiger partial charge in [0.2, 0.25) is 0 Å². The van der Waals surface area contributed by atoms with Gasteiger partial charge in [-0.2, -0.15) is 18.4 Å². The molecule has 0 saturated carbocycles. The van der Waals surface area contributed by atoms with Crippen LogP contribution in [0.4, 0.5) is 22.0 Å². The molecule has 1 atom stereocenters. The van der Waals surface area contributed by atoms with Crippen LogP contribution >= 0.6 is 39.7 Å². The minimum atomic E-state index is -4.49. The first-order chi connectivity index (χ1) is 16.8. The highest BCUT2D eigenvalue weighted by Crippen LogP contribution is 2.38. The van der Waals surface area contributed by atoms with Crippen molar-refractivity contribution in [2.75, 3.05) is 6.61 Å². The average Bonchev–Trinajstić information content (AvgIpc) is 2.81. The molecule has 0 aliphatic rings. The summed E-state index contributed by atoms with van der Waals surface area (Å²) in [5.41, 5.74) is -1.99. The van der Waals surface area contributed by atoms with Crippen molar-refractivity contribution in [2.24, 2.45) is 0 Å². The second kappa shape index (κ2) is 11.0. The summed E-state index contributed by atoms with van der Waals surface area (Å²) in [5.74, 6) is -1.79. The van der Waals surface area contributed by atoms with Crippen LogP contribution in [0.3, 0.4) is 0 Å². The minimum Gasteiger partial charge on any atom is -0.486 e. The van der Waals surface area contributed by atoms with Crippen LogP contribution in [-0.2, 0) is 6.18 Å². The zero-order valence-corrected chi connectivity index (χ0v) is 21.4. The molecule has 0 amide bonds. The van der Waals surface area contributed by atoms with E-state index in [1.165, 1.54) is 37.3 Å². The van der Waals surface area contributed by atoms with Crippen LogP contribution in [0.5, 0.6) is 17.2 Å². The lowest BCUT2D eigenvalue weighted by Crippen LogP contribution is -2.49. The Kier molecular flexibility index (Phi) is 8.44. The molecule has 36 heavy (non-hydrogen) atoms. The lowest BCUT2D eigenvalue weighted by atomic mass is 10.0. The van der Waals surface area contributed by atoms with Crippen molar-refractivity contribution in [3.63, 3.8) is 0 Å². The van der Waals surface area contributed by atoms with Crippen LogP contribution in [0.1, 0.15) is 18.1 Å². The third kappa shape index (κ3) is 6.84. The molecule has 0 aliphatic heterocycles. The summed E-state index contributed by atoms with van der Waals surface area (Å²) in [6.45, 7) is 1.16. The fraction of sp³-hybridized carbons (Fsp3) is 0.167. The largest absolute Gasteiger partial charge is 0.486 e. The molecule has 3 aromatic rings. The number of nitrogens with zero attached hydrogens (tertiary/aromatic N) is 1. The second-order valence-electron chi connectivity index (χ2n) is 7.65. The molecule has 0 saturated heterocycles. The molecule has 0 aromatic heterocycles. The molecule has 0 bridgehead atoms. The quantitative estimate of drug-likeness (QED) is 0.169. The molecule has 0 aliphatic carbocycles. The molecule has 3 rings (SSSR count).